The summed E-state index contributed by atoms with van der Waals surface area (Å²) in [6.45, 7) is 0. The van der Waals surface area contributed by atoms with Crippen LogP contribution < -0.4 is 10.6 Å². The number of hydrogen-bond acceptors (Lipinski definition) is 4. The third-order valence-electron chi connectivity index (χ3n) is 3.20. The molecule has 1 amide bonds. The Morgan fingerprint density at radius 3 is 2.31 bits per heavy atom. The third-order valence-corrected chi connectivity index (χ3v) is 3.64. The van der Waals surface area contributed by atoms with Gasteiger partial charge in [0.15, 0.2) is 0 Å². The monoisotopic (exact) mass is 394 g/mol. The van der Waals surface area contributed by atoms with Gasteiger partial charge in [-0.3, -0.25) is 4.79 Å². The van der Waals surface area contributed by atoms with Crippen molar-refractivity contribution in [2.45, 2.75) is 0 Å². The molecule has 1 heterocycles. The maximum Gasteiger partial charge on any atom is 0.275 e. The van der Waals surface area contributed by atoms with Crippen LogP contribution in [0.15, 0.2) is 48.8 Å². The van der Waals surface area contributed by atoms with Crippen LogP contribution in [0.3, 0.4) is 0 Å². The van der Waals surface area contributed by atoms with E-state index < -0.39 is 17.5 Å². The number of amides is 1. The second-order valence-electron chi connectivity index (χ2n) is 5.15. The molecule has 0 aliphatic carbocycles. The number of aromatic nitrogens is 2. The van der Waals surface area contributed by atoms with Crippen molar-refractivity contribution < 1.29 is 13.6 Å². The van der Waals surface area contributed by atoms with Crippen LogP contribution in [0, 0.1) is 11.6 Å². The highest BCUT2D eigenvalue weighted by Crippen LogP contribution is 2.23. The van der Waals surface area contributed by atoms with Gasteiger partial charge in [-0.25, -0.2) is 18.7 Å². The normalized spacial score (nSPS) is 10.5. The van der Waals surface area contributed by atoms with Crippen LogP contribution in [0.4, 0.5) is 26.0 Å². The summed E-state index contributed by atoms with van der Waals surface area (Å²) in [7, 11) is 0. The average Bonchev–Trinajstić information content (AvgIpc) is 2.57. The molecular formula is C17H10Cl2F2N4O. The van der Waals surface area contributed by atoms with Crippen molar-refractivity contribution in [3.63, 3.8) is 0 Å². The molecular weight excluding hydrogens is 385 g/mol. The first-order valence-corrected chi connectivity index (χ1v) is 7.98. The fraction of sp³-hybridized carbons (Fsp3) is 0. The van der Waals surface area contributed by atoms with Crippen molar-refractivity contribution in [2.24, 2.45) is 0 Å². The number of hydrogen-bond donors (Lipinski definition) is 2. The van der Waals surface area contributed by atoms with Gasteiger partial charge in [-0.2, -0.15) is 0 Å². The van der Waals surface area contributed by atoms with Crippen LogP contribution in [0.2, 0.25) is 10.0 Å². The highest BCUT2D eigenvalue weighted by molar-refractivity contribution is 6.35. The zero-order valence-electron chi connectivity index (χ0n) is 12.9. The van der Waals surface area contributed by atoms with Gasteiger partial charge in [0.2, 0.25) is 0 Å². The van der Waals surface area contributed by atoms with Crippen LogP contribution >= 0.6 is 23.2 Å². The van der Waals surface area contributed by atoms with Crippen LogP contribution in [-0.2, 0) is 0 Å². The van der Waals surface area contributed by atoms with E-state index in [0.29, 0.717) is 15.7 Å². The van der Waals surface area contributed by atoms with Gasteiger partial charge in [-0.1, -0.05) is 23.2 Å². The molecule has 2 N–H and O–H groups in total. The van der Waals surface area contributed by atoms with Gasteiger partial charge < -0.3 is 10.6 Å². The molecule has 26 heavy (non-hydrogen) atoms. The number of halogens is 4. The Morgan fingerprint density at radius 2 is 1.69 bits per heavy atom. The predicted molar refractivity (Wildman–Crippen MR) is 96.1 cm³/mol. The van der Waals surface area contributed by atoms with E-state index in [1.807, 2.05) is 0 Å². The van der Waals surface area contributed by atoms with Gasteiger partial charge in [0.05, 0.1) is 18.1 Å². The Hall–Kier alpha value is -2.77. The van der Waals surface area contributed by atoms with Crippen molar-refractivity contribution in [3.8, 4) is 0 Å². The summed E-state index contributed by atoms with van der Waals surface area (Å²) in [5.74, 6) is -1.79. The number of carbonyl (C=O) groups is 1. The zero-order valence-corrected chi connectivity index (χ0v) is 14.4. The maximum absolute atomic E-state index is 13.6. The fourth-order valence-corrected chi connectivity index (χ4v) is 2.59. The van der Waals surface area contributed by atoms with Crippen molar-refractivity contribution in [1.29, 1.82) is 0 Å². The SMILES string of the molecule is O=C(Nc1cc(Cl)cc(Cl)c1)c1cnc(Nc2ccc(F)cc2F)cn1. The van der Waals surface area contributed by atoms with Gasteiger partial charge in [0, 0.05) is 21.8 Å². The predicted octanol–water partition coefficient (Wildman–Crippen LogP) is 5.06. The molecule has 0 saturated carbocycles. The molecule has 0 spiro atoms. The first-order valence-electron chi connectivity index (χ1n) is 7.22. The summed E-state index contributed by atoms with van der Waals surface area (Å²) in [5.41, 5.74) is 0.475. The van der Waals surface area contributed by atoms with E-state index in [9.17, 15) is 13.6 Å². The van der Waals surface area contributed by atoms with Crippen LogP contribution in [-0.4, -0.2) is 15.9 Å². The van der Waals surface area contributed by atoms with Gasteiger partial charge in [0.1, 0.15) is 23.1 Å². The van der Waals surface area contributed by atoms with Crippen molar-refractivity contribution in [1.82, 2.24) is 9.97 Å². The lowest BCUT2D eigenvalue weighted by Gasteiger charge is -2.08. The quantitative estimate of drug-likeness (QED) is 0.648. The molecule has 0 unspecified atom stereocenters. The lowest BCUT2D eigenvalue weighted by Crippen LogP contribution is -2.14. The molecule has 0 aliphatic heterocycles. The number of rotatable bonds is 4. The lowest BCUT2D eigenvalue weighted by molar-refractivity contribution is 0.102. The van der Waals surface area contributed by atoms with E-state index >= 15 is 0 Å². The molecule has 9 heteroatoms. The molecule has 3 aromatic rings. The smallest absolute Gasteiger partial charge is 0.275 e. The number of benzene rings is 2. The second kappa shape index (κ2) is 7.63. The van der Waals surface area contributed by atoms with Crippen LogP contribution in [0.1, 0.15) is 10.5 Å². The van der Waals surface area contributed by atoms with Crippen molar-refractivity contribution in [3.05, 3.63) is 76.2 Å². The molecule has 0 aliphatic rings. The summed E-state index contributed by atoms with van der Waals surface area (Å²) in [6, 6.07) is 7.69. The van der Waals surface area contributed by atoms with E-state index in [-0.39, 0.29) is 17.2 Å². The second-order valence-corrected chi connectivity index (χ2v) is 6.02. The van der Waals surface area contributed by atoms with Gasteiger partial charge in [0.25, 0.3) is 5.91 Å². The Labute approximate surface area is 157 Å². The van der Waals surface area contributed by atoms with Crippen molar-refractivity contribution in [2.75, 3.05) is 10.6 Å². The van der Waals surface area contributed by atoms with Crippen molar-refractivity contribution >= 4 is 46.3 Å². The molecule has 0 radical (unpaired) electrons. The Morgan fingerprint density at radius 1 is 0.962 bits per heavy atom. The summed E-state index contributed by atoms with van der Waals surface area (Å²) in [5, 5.41) is 5.99. The average molecular weight is 395 g/mol. The summed E-state index contributed by atoms with van der Waals surface area (Å²) < 4.78 is 26.5. The number of nitrogens with zero attached hydrogens (tertiary/aromatic N) is 2. The minimum atomic E-state index is -0.772. The van der Waals surface area contributed by atoms with E-state index in [2.05, 4.69) is 20.6 Å². The van der Waals surface area contributed by atoms with E-state index in [4.69, 9.17) is 23.2 Å². The first-order chi connectivity index (χ1) is 12.4. The molecule has 2 aromatic carbocycles. The van der Waals surface area contributed by atoms with Gasteiger partial charge >= 0.3 is 0 Å². The summed E-state index contributed by atoms with van der Waals surface area (Å²) in [6.07, 6.45) is 2.47. The van der Waals surface area contributed by atoms with Crippen LogP contribution in [0.25, 0.3) is 0 Å². The molecule has 0 atom stereocenters. The Balaban J connectivity index is 1.71. The number of anilines is 3. The third kappa shape index (κ3) is 4.44. The van der Waals surface area contributed by atoms with E-state index in [0.717, 1.165) is 12.1 Å². The largest absolute Gasteiger partial charge is 0.337 e. The summed E-state index contributed by atoms with van der Waals surface area (Å²) in [4.78, 5) is 20.1. The van der Waals surface area contributed by atoms with Crippen LogP contribution in [0.5, 0.6) is 0 Å². The minimum absolute atomic E-state index is 0.0335. The van der Waals surface area contributed by atoms with Gasteiger partial charge in [-0.05, 0) is 30.3 Å². The van der Waals surface area contributed by atoms with E-state index in [1.165, 1.54) is 36.7 Å². The zero-order chi connectivity index (χ0) is 18.7. The lowest BCUT2D eigenvalue weighted by atomic mass is 10.3. The Bertz CT molecular complexity index is 947. The minimum Gasteiger partial charge on any atom is -0.337 e. The fourth-order valence-electron chi connectivity index (χ4n) is 2.06. The molecule has 1 aromatic heterocycles. The Kier molecular flexibility index (Phi) is 5.29. The highest BCUT2D eigenvalue weighted by Gasteiger charge is 2.11. The molecule has 0 fully saturated rings. The van der Waals surface area contributed by atoms with E-state index in [1.54, 1.807) is 0 Å². The van der Waals surface area contributed by atoms with Gasteiger partial charge in [-0.15, -0.1) is 0 Å². The highest BCUT2D eigenvalue weighted by atomic mass is 35.5. The molecule has 0 bridgehead atoms. The molecule has 5 nitrogen and oxygen atoms in total. The number of nitrogens with one attached hydrogen (secondary N) is 2. The topological polar surface area (TPSA) is 66.9 Å². The molecule has 132 valence electrons. The summed E-state index contributed by atoms with van der Waals surface area (Å²) >= 11 is 11.7. The molecule has 3 rings (SSSR count). The maximum atomic E-state index is 13.6. The standard InChI is InChI=1S/C17H10Cl2F2N4O/c18-9-3-10(19)5-12(4-9)24-17(26)15-7-23-16(8-22-15)25-14-2-1-11(20)6-13(14)21/h1-8H,(H,23,25)(H,24,26). The number of carbonyl (C=O) groups excluding carboxylic acids is 1. The first kappa shape index (κ1) is 18.0. The molecule has 0 saturated heterocycles.